The fourth-order valence-electron chi connectivity index (χ4n) is 1.60. The maximum absolute atomic E-state index is 12.3. The first-order valence-electron chi connectivity index (χ1n) is 5.63. The number of alkyl halides is 3. The zero-order chi connectivity index (χ0) is 14.8. The van der Waals surface area contributed by atoms with Crippen LogP contribution in [0.5, 0.6) is 5.75 Å². The average molecular weight is 350 g/mol. The van der Waals surface area contributed by atoms with Crippen LogP contribution in [-0.2, 0) is 6.54 Å². The third-order valence-corrected chi connectivity index (χ3v) is 3.04. The zero-order valence-corrected chi connectivity index (χ0v) is 12.0. The molecule has 0 bridgehead atoms. The fourth-order valence-corrected chi connectivity index (χ4v) is 1.94. The number of hydrogen-bond donors (Lipinski definition) is 2. The van der Waals surface area contributed by atoms with Gasteiger partial charge < -0.3 is 15.0 Å². The summed E-state index contributed by atoms with van der Waals surface area (Å²) in [6, 6.07) is 4.39. The maximum atomic E-state index is 12.3. The molecule has 1 aromatic carbocycles. The number of H-pyrrole nitrogens is 1. The van der Waals surface area contributed by atoms with Crippen molar-refractivity contribution in [1.82, 2.24) is 9.97 Å². The van der Waals surface area contributed by atoms with Crippen LogP contribution >= 0.6 is 15.9 Å². The number of aromatic amines is 1. The molecule has 0 fully saturated rings. The Morgan fingerprint density at radius 3 is 2.75 bits per heavy atom. The molecule has 108 valence electrons. The van der Waals surface area contributed by atoms with Crippen LogP contribution in [0.3, 0.4) is 0 Å². The molecule has 0 spiro atoms. The Kier molecular flexibility index (Phi) is 4.22. The lowest BCUT2D eigenvalue weighted by Crippen LogP contribution is -2.18. The van der Waals surface area contributed by atoms with Gasteiger partial charge in [-0.05, 0) is 25.1 Å². The van der Waals surface area contributed by atoms with E-state index in [2.05, 4.69) is 36.0 Å². The van der Waals surface area contributed by atoms with Gasteiger partial charge in [0.2, 0.25) is 0 Å². The van der Waals surface area contributed by atoms with Gasteiger partial charge in [0, 0.05) is 10.2 Å². The Bertz CT molecular complexity index is 598. The number of nitrogens with one attached hydrogen (secondary N) is 2. The molecule has 4 nitrogen and oxygen atoms in total. The molecule has 8 heteroatoms. The summed E-state index contributed by atoms with van der Waals surface area (Å²) in [7, 11) is 0. The summed E-state index contributed by atoms with van der Waals surface area (Å²) in [6.45, 7) is 2.13. The normalized spacial score (nSPS) is 11.4. The molecule has 1 aromatic heterocycles. The van der Waals surface area contributed by atoms with Crippen LogP contribution in [0.4, 0.5) is 18.9 Å². The molecule has 2 rings (SSSR count). The largest absolute Gasteiger partial charge is 0.573 e. The van der Waals surface area contributed by atoms with E-state index in [0.717, 1.165) is 11.4 Å². The Morgan fingerprint density at radius 1 is 1.40 bits per heavy atom. The summed E-state index contributed by atoms with van der Waals surface area (Å²) in [5.41, 5.74) is 1.83. The lowest BCUT2D eigenvalue weighted by atomic mass is 10.2. The van der Waals surface area contributed by atoms with Crippen molar-refractivity contribution in [2.24, 2.45) is 0 Å². The third-order valence-electron chi connectivity index (χ3n) is 2.55. The quantitative estimate of drug-likeness (QED) is 0.877. The lowest BCUT2D eigenvalue weighted by molar-refractivity contribution is -0.274. The average Bonchev–Trinajstić information content (AvgIpc) is 2.72. The van der Waals surface area contributed by atoms with Crippen LogP contribution in [0.25, 0.3) is 0 Å². The van der Waals surface area contributed by atoms with Crippen molar-refractivity contribution in [2.45, 2.75) is 19.8 Å². The molecule has 20 heavy (non-hydrogen) atoms. The van der Waals surface area contributed by atoms with Gasteiger partial charge in [-0.15, -0.1) is 13.2 Å². The molecule has 0 radical (unpaired) electrons. The van der Waals surface area contributed by atoms with E-state index in [9.17, 15) is 13.2 Å². The van der Waals surface area contributed by atoms with Crippen LogP contribution in [-0.4, -0.2) is 16.3 Å². The van der Waals surface area contributed by atoms with Crippen LogP contribution in [0, 0.1) is 6.92 Å². The minimum Gasteiger partial charge on any atom is -0.404 e. The molecule has 2 aromatic rings. The first-order chi connectivity index (χ1) is 9.35. The van der Waals surface area contributed by atoms with E-state index in [0.29, 0.717) is 11.0 Å². The van der Waals surface area contributed by atoms with Crippen molar-refractivity contribution >= 4 is 21.6 Å². The van der Waals surface area contributed by atoms with Gasteiger partial charge in [0.15, 0.2) is 5.75 Å². The van der Waals surface area contributed by atoms with Crippen LogP contribution < -0.4 is 10.1 Å². The van der Waals surface area contributed by atoms with Crippen molar-refractivity contribution in [3.05, 3.63) is 40.4 Å². The van der Waals surface area contributed by atoms with Gasteiger partial charge in [-0.25, -0.2) is 4.98 Å². The number of imidazole rings is 1. The molecule has 0 amide bonds. The molecule has 0 unspecified atom stereocenters. The molecule has 0 aliphatic carbocycles. The van der Waals surface area contributed by atoms with Crippen molar-refractivity contribution in [3.8, 4) is 5.75 Å². The van der Waals surface area contributed by atoms with E-state index in [-0.39, 0.29) is 11.4 Å². The predicted octanol–water partition coefficient (Wildman–Crippen LogP) is 3.99. The van der Waals surface area contributed by atoms with Gasteiger partial charge in [0.25, 0.3) is 0 Å². The van der Waals surface area contributed by atoms with Gasteiger partial charge in [-0.2, -0.15) is 0 Å². The standard InChI is InChI=1S/C12H11BrF3N3O/c1-7-10(19-6-18-7)5-17-9-3-2-8(13)4-11(9)20-12(14,15)16/h2-4,6,17H,5H2,1H3,(H,18,19). The van der Waals surface area contributed by atoms with Gasteiger partial charge in [-0.3, -0.25) is 0 Å². The summed E-state index contributed by atoms with van der Waals surface area (Å²) in [5.74, 6) is -0.292. The van der Waals surface area contributed by atoms with E-state index in [1.165, 1.54) is 18.5 Å². The monoisotopic (exact) mass is 349 g/mol. The van der Waals surface area contributed by atoms with Gasteiger partial charge in [0.05, 0.1) is 24.3 Å². The second-order valence-electron chi connectivity index (χ2n) is 4.02. The second kappa shape index (κ2) is 5.74. The number of aromatic nitrogens is 2. The molecule has 0 saturated heterocycles. The fraction of sp³-hybridized carbons (Fsp3) is 0.250. The van der Waals surface area contributed by atoms with Crippen molar-refractivity contribution in [2.75, 3.05) is 5.32 Å². The Balaban J connectivity index is 2.16. The van der Waals surface area contributed by atoms with E-state index in [1.807, 2.05) is 6.92 Å². The summed E-state index contributed by atoms with van der Waals surface area (Å²) in [4.78, 5) is 6.96. The minimum atomic E-state index is -4.74. The molecule has 0 saturated carbocycles. The third kappa shape index (κ3) is 3.89. The smallest absolute Gasteiger partial charge is 0.404 e. The van der Waals surface area contributed by atoms with E-state index in [1.54, 1.807) is 6.07 Å². The Hall–Kier alpha value is -1.70. The Morgan fingerprint density at radius 2 is 2.15 bits per heavy atom. The maximum Gasteiger partial charge on any atom is 0.573 e. The molecule has 1 heterocycles. The molecular formula is C12H11BrF3N3O. The molecule has 2 N–H and O–H groups in total. The van der Waals surface area contributed by atoms with E-state index in [4.69, 9.17) is 0 Å². The van der Waals surface area contributed by atoms with Crippen LogP contribution in [0.2, 0.25) is 0 Å². The summed E-state index contributed by atoms with van der Waals surface area (Å²) < 4.78 is 41.5. The zero-order valence-electron chi connectivity index (χ0n) is 10.4. The second-order valence-corrected chi connectivity index (χ2v) is 4.93. The highest BCUT2D eigenvalue weighted by atomic mass is 79.9. The number of ether oxygens (including phenoxy) is 1. The lowest BCUT2D eigenvalue weighted by Gasteiger charge is -2.14. The molecule has 0 aliphatic heterocycles. The number of anilines is 1. The van der Waals surface area contributed by atoms with E-state index < -0.39 is 6.36 Å². The summed E-state index contributed by atoms with van der Waals surface area (Å²) in [5, 5.41) is 2.88. The topological polar surface area (TPSA) is 49.9 Å². The minimum absolute atomic E-state index is 0.243. The van der Waals surface area contributed by atoms with E-state index >= 15 is 0 Å². The van der Waals surface area contributed by atoms with Crippen LogP contribution in [0.15, 0.2) is 29.0 Å². The predicted molar refractivity (Wildman–Crippen MR) is 71.5 cm³/mol. The molecule has 0 atom stereocenters. The summed E-state index contributed by atoms with van der Waals surface area (Å²) in [6.07, 6.45) is -3.21. The SMILES string of the molecule is Cc1[nH]cnc1CNc1ccc(Br)cc1OC(F)(F)F. The number of rotatable bonds is 4. The van der Waals surface area contributed by atoms with Gasteiger partial charge in [0.1, 0.15) is 0 Å². The number of aryl methyl sites for hydroxylation is 1. The summed E-state index contributed by atoms with van der Waals surface area (Å²) >= 11 is 3.11. The number of nitrogens with zero attached hydrogens (tertiary/aromatic N) is 1. The Labute approximate surface area is 121 Å². The number of hydrogen-bond acceptors (Lipinski definition) is 3. The highest BCUT2D eigenvalue weighted by Crippen LogP contribution is 2.33. The van der Waals surface area contributed by atoms with Crippen molar-refractivity contribution in [1.29, 1.82) is 0 Å². The highest BCUT2D eigenvalue weighted by molar-refractivity contribution is 9.10. The van der Waals surface area contributed by atoms with Crippen molar-refractivity contribution in [3.63, 3.8) is 0 Å². The molecule has 0 aliphatic rings. The number of halogens is 4. The first kappa shape index (κ1) is 14.7. The van der Waals surface area contributed by atoms with Gasteiger partial charge >= 0.3 is 6.36 Å². The van der Waals surface area contributed by atoms with Crippen molar-refractivity contribution < 1.29 is 17.9 Å². The van der Waals surface area contributed by atoms with Crippen LogP contribution in [0.1, 0.15) is 11.4 Å². The first-order valence-corrected chi connectivity index (χ1v) is 6.42. The van der Waals surface area contributed by atoms with Gasteiger partial charge in [-0.1, -0.05) is 15.9 Å². The molecular weight excluding hydrogens is 339 g/mol. The number of benzene rings is 1. The highest BCUT2D eigenvalue weighted by Gasteiger charge is 2.32.